The third kappa shape index (κ3) is 9.23. The number of hydrogen-bond donors (Lipinski definition) is 3. The van der Waals surface area contributed by atoms with Crippen LogP contribution >= 0.6 is 0 Å². The van der Waals surface area contributed by atoms with Crippen LogP contribution in [0.5, 0.6) is 0 Å². The van der Waals surface area contributed by atoms with Gasteiger partial charge in [-0.25, -0.2) is 17.6 Å². The van der Waals surface area contributed by atoms with Gasteiger partial charge in [-0.3, -0.25) is 4.79 Å². The molecule has 4 rings (SSSR count). The lowest BCUT2D eigenvalue weighted by atomic mass is 9.88. The maximum Gasteiger partial charge on any atom is 0.407 e. The number of hydrogen-bond acceptors (Lipinski definition) is 9. The second-order valence-electron chi connectivity index (χ2n) is 12.4. The fourth-order valence-corrected chi connectivity index (χ4v) is 7.33. The van der Waals surface area contributed by atoms with Crippen molar-refractivity contribution >= 4 is 27.7 Å². The van der Waals surface area contributed by atoms with E-state index in [1.54, 1.807) is 13.8 Å². The predicted octanol–water partition coefficient (Wildman–Crippen LogP) is 3.56. The van der Waals surface area contributed by atoms with Gasteiger partial charge in [-0.05, 0) is 48.4 Å². The van der Waals surface area contributed by atoms with Crippen molar-refractivity contribution in [3.05, 3.63) is 59.9 Å². The van der Waals surface area contributed by atoms with E-state index in [0.29, 0.717) is 19.4 Å². The van der Waals surface area contributed by atoms with Gasteiger partial charge in [0.05, 0.1) is 47.9 Å². The Morgan fingerprint density at radius 1 is 1.22 bits per heavy atom. The van der Waals surface area contributed by atoms with Crippen LogP contribution in [-0.2, 0) is 35.4 Å². The smallest absolute Gasteiger partial charge is 0.407 e. The molecule has 46 heavy (non-hydrogen) atoms. The average Bonchev–Trinajstić information content (AvgIpc) is 3.62. The van der Waals surface area contributed by atoms with Gasteiger partial charge in [0.25, 0.3) is 0 Å². The zero-order valence-electron chi connectivity index (χ0n) is 26.1. The van der Waals surface area contributed by atoms with Gasteiger partial charge in [-0.1, -0.05) is 44.2 Å². The van der Waals surface area contributed by atoms with Crippen LogP contribution in [0.3, 0.4) is 0 Å². The molecule has 2 aromatic carbocycles. The van der Waals surface area contributed by atoms with Crippen LogP contribution in [0.15, 0.2) is 53.4 Å². The minimum absolute atomic E-state index is 0.0994. The summed E-state index contributed by atoms with van der Waals surface area (Å²) in [6.45, 7) is 4.89. The SMILES string of the molecule is CC(=O)Nc1cc(S(=O)(=O)N(CC(O)C(Cc2ccccc2)NC(=O)O[C@H]2CO[C@H]3OCC[C@H]32)CC(C)(C)CCC#N)ccc1F. The molecule has 2 fully saturated rings. The molecule has 0 aromatic heterocycles. The number of nitrogens with zero attached hydrogens (tertiary/aromatic N) is 2. The molecule has 5 atom stereocenters. The Morgan fingerprint density at radius 3 is 2.65 bits per heavy atom. The Kier molecular flexibility index (Phi) is 11.7. The number of carbonyl (C=O) groups excluding carboxylic acids is 2. The number of nitriles is 1. The van der Waals surface area contributed by atoms with Gasteiger partial charge < -0.3 is 30.0 Å². The third-order valence-corrected chi connectivity index (χ3v) is 9.91. The first-order valence-corrected chi connectivity index (χ1v) is 16.6. The minimum atomic E-state index is -4.39. The highest BCUT2D eigenvalue weighted by Gasteiger charge is 2.44. The average molecular weight is 661 g/mol. The molecule has 0 radical (unpaired) electrons. The molecule has 2 aliphatic rings. The van der Waals surface area contributed by atoms with Gasteiger partial charge in [-0.2, -0.15) is 9.57 Å². The van der Waals surface area contributed by atoms with Crippen molar-refractivity contribution in [3.8, 4) is 6.07 Å². The summed E-state index contributed by atoms with van der Waals surface area (Å²) in [6, 6.07) is 13.2. The van der Waals surface area contributed by atoms with E-state index in [2.05, 4.69) is 16.7 Å². The number of amides is 2. The van der Waals surface area contributed by atoms with E-state index < -0.39 is 64.3 Å². The number of fused-ring (bicyclic) bond motifs is 1. The van der Waals surface area contributed by atoms with E-state index in [-0.39, 0.29) is 42.5 Å². The van der Waals surface area contributed by atoms with Crippen molar-refractivity contribution < 1.29 is 41.7 Å². The lowest BCUT2D eigenvalue weighted by molar-refractivity contribution is -0.114. The van der Waals surface area contributed by atoms with Crippen LogP contribution in [0.25, 0.3) is 0 Å². The molecule has 2 amide bonds. The largest absolute Gasteiger partial charge is 0.443 e. The van der Waals surface area contributed by atoms with Gasteiger partial charge in [0.1, 0.15) is 11.9 Å². The summed E-state index contributed by atoms with van der Waals surface area (Å²) in [5.74, 6) is -1.50. The Balaban J connectivity index is 1.61. The molecule has 3 N–H and O–H groups in total. The number of sulfonamides is 1. The molecule has 0 aliphatic carbocycles. The topological polar surface area (TPSA) is 167 Å². The summed E-state index contributed by atoms with van der Waals surface area (Å²) in [5.41, 5.74) is -0.232. The number of alkyl carbamates (subject to hydrolysis) is 1. The number of ether oxygens (including phenoxy) is 3. The first-order chi connectivity index (χ1) is 21.8. The van der Waals surface area contributed by atoms with Crippen LogP contribution in [0.2, 0.25) is 0 Å². The number of aliphatic hydroxyl groups excluding tert-OH is 1. The molecule has 12 nitrogen and oxygen atoms in total. The second kappa shape index (κ2) is 15.3. The summed E-state index contributed by atoms with van der Waals surface area (Å²) in [4.78, 5) is 24.4. The Morgan fingerprint density at radius 2 is 1.96 bits per heavy atom. The van der Waals surface area contributed by atoms with Crippen LogP contribution in [-0.4, -0.2) is 80.7 Å². The molecule has 0 saturated carbocycles. The summed E-state index contributed by atoms with van der Waals surface area (Å²) < 4.78 is 60.4. The first-order valence-electron chi connectivity index (χ1n) is 15.2. The predicted molar refractivity (Wildman–Crippen MR) is 165 cm³/mol. The van der Waals surface area contributed by atoms with Gasteiger partial charge in [-0.15, -0.1) is 0 Å². The fourth-order valence-electron chi connectivity index (χ4n) is 5.66. The molecule has 2 unspecified atom stereocenters. The van der Waals surface area contributed by atoms with Crippen molar-refractivity contribution in [1.29, 1.82) is 5.26 Å². The van der Waals surface area contributed by atoms with E-state index in [9.17, 15) is 27.5 Å². The van der Waals surface area contributed by atoms with E-state index in [4.69, 9.17) is 19.5 Å². The molecule has 2 aliphatic heterocycles. The highest BCUT2D eigenvalue weighted by Crippen LogP contribution is 2.33. The summed E-state index contributed by atoms with van der Waals surface area (Å²) in [7, 11) is -4.39. The van der Waals surface area contributed by atoms with Crippen molar-refractivity contribution in [1.82, 2.24) is 9.62 Å². The number of nitrogens with one attached hydrogen (secondary N) is 2. The molecule has 14 heteroatoms. The van der Waals surface area contributed by atoms with Crippen LogP contribution in [0.4, 0.5) is 14.9 Å². The maximum atomic E-state index is 14.4. The summed E-state index contributed by atoms with van der Waals surface area (Å²) >= 11 is 0. The van der Waals surface area contributed by atoms with E-state index >= 15 is 0 Å². The van der Waals surface area contributed by atoms with E-state index in [0.717, 1.165) is 28.1 Å². The highest BCUT2D eigenvalue weighted by molar-refractivity contribution is 7.89. The van der Waals surface area contributed by atoms with Crippen molar-refractivity contribution in [2.75, 3.05) is 31.6 Å². The van der Waals surface area contributed by atoms with E-state index in [1.165, 1.54) is 6.92 Å². The second-order valence-corrected chi connectivity index (χ2v) is 14.4. The van der Waals surface area contributed by atoms with Gasteiger partial charge in [0, 0.05) is 26.4 Å². The van der Waals surface area contributed by atoms with E-state index in [1.807, 2.05) is 30.3 Å². The molecule has 2 heterocycles. The standard InChI is InChI=1S/C32H41FN4O8S/c1-21(38)35-26-17-23(10-11-25(26)33)46(41,42)37(20-32(2,3)13-7-14-34)18-28(39)27(16-22-8-5-4-6-9-22)36-31(40)45-29-19-44-30-24(29)12-15-43-30/h4-6,8-11,17,24,27-30,39H,7,12-13,15-16,18-20H2,1-3H3,(H,35,38)(H,36,40)/t24-,27?,28?,29-,30+/m0/s1. The number of halogens is 1. The number of aliphatic hydroxyl groups is 1. The fraction of sp³-hybridized carbons (Fsp3) is 0.531. The van der Waals surface area contributed by atoms with Crippen LogP contribution in [0, 0.1) is 28.5 Å². The number of benzene rings is 2. The Bertz CT molecular complexity index is 1520. The quantitative estimate of drug-likeness (QED) is 0.275. The monoisotopic (exact) mass is 660 g/mol. The van der Waals surface area contributed by atoms with Crippen LogP contribution in [0.1, 0.15) is 45.6 Å². The van der Waals surface area contributed by atoms with Crippen LogP contribution < -0.4 is 10.6 Å². The first kappa shape index (κ1) is 35.2. The van der Waals surface area contributed by atoms with Crippen molar-refractivity contribution in [2.24, 2.45) is 11.3 Å². The molecule has 2 saturated heterocycles. The molecule has 0 spiro atoms. The van der Waals surface area contributed by atoms with Gasteiger partial charge in [0.2, 0.25) is 15.9 Å². The third-order valence-electron chi connectivity index (χ3n) is 8.10. The Labute approximate surface area is 268 Å². The maximum absolute atomic E-state index is 14.4. The zero-order valence-corrected chi connectivity index (χ0v) is 27.0. The van der Waals surface area contributed by atoms with Gasteiger partial charge >= 0.3 is 6.09 Å². The molecule has 2 aromatic rings. The normalized spacial score (nSPS) is 20.8. The number of anilines is 1. The molecule has 0 bridgehead atoms. The summed E-state index contributed by atoms with van der Waals surface area (Å²) in [5, 5.41) is 25.8. The van der Waals surface area contributed by atoms with Gasteiger partial charge in [0.15, 0.2) is 6.29 Å². The van der Waals surface area contributed by atoms with Crippen molar-refractivity contribution in [2.45, 2.75) is 75.9 Å². The lowest BCUT2D eigenvalue weighted by Crippen LogP contribution is -2.52. The Hall–Kier alpha value is -3.61. The zero-order chi connectivity index (χ0) is 33.5. The lowest BCUT2D eigenvalue weighted by Gasteiger charge is -2.35. The number of carbonyl (C=O) groups is 2. The summed E-state index contributed by atoms with van der Waals surface area (Å²) in [6.07, 6.45) is -1.80. The number of rotatable bonds is 14. The molecule has 250 valence electrons. The molecular formula is C32H41FN4O8S. The molecular weight excluding hydrogens is 619 g/mol. The highest BCUT2D eigenvalue weighted by atomic mass is 32.2. The minimum Gasteiger partial charge on any atom is -0.443 e. The van der Waals surface area contributed by atoms with Crippen molar-refractivity contribution in [3.63, 3.8) is 0 Å².